The molecule has 0 heterocycles. The van der Waals surface area contributed by atoms with E-state index in [1.807, 2.05) is 0 Å². The van der Waals surface area contributed by atoms with E-state index in [0.717, 1.165) is 0 Å². The van der Waals surface area contributed by atoms with Crippen LogP contribution in [0.15, 0.2) is 18.2 Å². The molecule has 2 nitrogen and oxygen atoms in total. The van der Waals surface area contributed by atoms with Gasteiger partial charge in [-0.25, -0.2) is 4.39 Å². The van der Waals surface area contributed by atoms with Gasteiger partial charge in [0.1, 0.15) is 12.1 Å². The van der Waals surface area contributed by atoms with Gasteiger partial charge in [0, 0.05) is 12.8 Å². The Morgan fingerprint density at radius 3 is 2.87 bits per heavy atom. The minimum atomic E-state index is -1.18. The Morgan fingerprint density at radius 2 is 2.27 bits per heavy atom. The summed E-state index contributed by atoms with van der Waals surface area (Å²) >= 11 is 5.72. The molecule has 0 saturated carbocycles. The first-order valence-corrected chi connectivity index (χ1v) is 4.93. The van der Waals surface area contributed by atoms with E-state index < -0.39 is 11.4 Å². The summed E-state index contributed by atoms with van der Waals surface area (Å²) in [5, 5.41) is 9.77. The minimum absolute atomic E-state index is 0.000157. The molecule has 0 radical (unpaired) electrons. The van der Waals surface area contributed by atoms with Crippen LogP contribution >= 0.6 is 11.6 Å². The van der Waals surface area contributed by atoms with E-state index in [2.05, 4.69) is 0 Å². The maximum atomic E-state index is 13.1. The molecule has 15 heavy (non-hydrogen) atoms. The molecule has 0 bridgehead atoms. The highest BCUT2D eigenvalue weighted by Crippen LogP contribution is 2.24. The number of hydrogen-bond acceptors (Lipinski definition) is 2. The molecular formula is C11H12ClFO2. The van der Waals surface area contributed by atoms with Gasteiger partial charge in [-0.2, -0.15) is 0 Å². The third kappa shape index (κ3) is 3.29. The smallest absolute Gasteiger partial charge is 0.142 e. The number of aldehydes is 1. The molecule has 0 saturated heterocycles. The summed E-state index contributed by atoms with van der Waals surface area (Å²) in [6, 6.07) is 4.40. The van der Waals surface area contributed by atoms with E-state index >= 15 is 0 Å². The average molecular weight is 231 g/mol. The van der Waals surface area contributed by atoms with Crippen LogP contribution in [0.1, 0.15) is 18.9 Å². The number of hydrogen-bond donors (Lipinski definition) is 1. The van der Waals surface area contributed by atoms with Crippen LogP contribution in [0.5, 0.6) is 0 Å². The van der Waals surface area contributed by atoms with Crippen molar-refractivity contribution < 1.29 is 14.3 Å². The maximum Gasteiger partial charge on any atom is 0.142 e. The van der Waals surface area contributed by atoms with Gasteiger partial charge in [0.15, 0.2) is 0 Å². The topological polar surface area (TPSA) is 37.3 Å². The van der Waals surface area contributed by atoms with Gasteiger partial charge >= 0.3 is 0 Å². The molecule has 1 aromatic rings. The number of carbonyl (C=O) groups is 1. The van der Waals surface area contributed by atoms with Gasteiger partial charge in [0.05, 0.1) is 10.6 Å². The molecule has 1 rings (SSSR count). The van der Waals surface area contributed by atoms with E-state index in [0.29, 0.717) is 11.8 Å². The largest absolute Gasteiger partial charge is 0.389 e. The Bertz CT molecular complexity index is 364. The highest BCUT2D eigenvalue weighted by atomic mass is 35.5. The molecule has 0 amide bonds. The summed E-state index contributed by atoms with van der Waals surface area (Å²) in [5.74, 6) is -0.518. The van der Waals surface area contributed by atoms with Gasteiger partial charge in [-0.3, -0.25) is 0 Å². The summed E-state index contributed by atoms with van der Waals surface area (Å²) in [6.07, 6.45) is 0.787. The van der Waals surface area contributed by atoms with Crippen molar-refractivity contribution >= 4 is 17.9 Å². The first kappa shape index (κ1) is 12.1. The van der Waals surface area contributed by atoms with Gasteiger partial charge in [-0.05, 0) is 18.6 Å². The van der Waals surface area contributed by atoms with E-state index in [4.69, 9.17) is 11.6 Å². The second kappa shape index (κ2) is 4.73. The van der Waals surface area contributed by atoms with Crippen molar-refractivity contribution in [3.05, 3.63) is 34.6 Å². The Kier molecular flexibility index (Phi) is 3.83. The molecule has 0 aliphatic rings. The van der Waals surface area contributed by atoms with Crippen molar-refractivity contribution in [1.29, 1.82) is 0 Å². The van der Waals surface area contributed by atoms with Crippen LogP contribution < -0.4 is 0 Å². The van der Waals surface area contributed by atoms with Crippen LogP contribution in [-0.4, -0.2) is 17.0 Å². The Labute approximate surface area is 92.7 Å². The molecule has 1 N–H and O–H groups in total. The summed E-state index contributed by atoms with van der Waals surface area (Å²) in [4.78, 5) is 10.3. The molecule has 0 aromatic heterocycles. The molecule has 1 atom stereocenters. The number of halogens is 2. The van der Waals surface area contributed by atoms with Crippen molar-refractivity contribution in [2.75, 3.05) is 0 Å². The predicted molar refractivity (Wildman–Crippen MR) is 56.4 cm³/mol. The van der Waals surface area contributed by atoms with Gasteiger partial charge in [0.2, 0.25) is 0 Å². The molecule has 0 aliphatic carbocycles. The van der Waals surface area contributed by atoms with Crippen molar-refractivity contribution in [3.63, 3.8) is 0 Å². The Hall–Kier alpha value is -0.930. The molecule has 0 aliphatic heterocycles. The molecule has 1 aromatic carbocycles. The summed E-state index contributed by atoms with van der Waals surface area (Å²) in [5.41, 5.74) is -0.678. The monoisotopic (exact) mass is 230 g/mol. The molecule has 0 spiro atoms. The number of carbonyl (C=O) groups excluding carboxylic acids is 1. The first-order chi connectivity index (χ1) is 6.96. The van der Waals surface area contributed by atoms with Crippen LogP contribution in [0, 0.1) is 5.82 Å². The Balaban J connectivity index is 2.89. The molecule has 82 valence electrons. The lowest BCUT2D eigenvalue weighted by Crippen LogP contribution is -2.27. The van der Waals surface area contributed by atoms with E-state index in [9.17, 15) is 14.3 Å². The predicted octanol–water partition coefficient (Wildman–Crippen LogP) is 2.36. The second-order valence-corrected chi connectivity index (χ2v) is 4.14. The first-order valence-electron chi connectivity index (χ1n) is 4.55. The lowest BCUT2D eigenvalue weighted by molar-refractivity contribution is -0.111. The fourth-order valence-electron chi connectivity index (χ4n) is 1.35. The van der Waals surface area contributed by atoms with Crippen LogP contribution in [0.3, 0.4) is 0 Å². The zero-order chi connectivity index (χ0) is 11.5. The SMILES string of the molecule is CC(O)(CC=O)Cc1cccc(F)c1Cl. The minimum Gasteiger partial charge on any atom is -0.389 e. The van der Waals surface area contributed by atoms with Crippen LogP contribution in [0.4, 0.5) is 4.39 Å². The van der Waals surface area contributed by atoms with Crippen molar-refractivity contribution in [1.82, 2.24) is 0 Å². The van der Waals surface area contributed by atoms with Crippen molar-refractivity contribution in [2.45, 2.75) is 25.4 Å². The standard InChI is InChI=1S/C11H12ClFO2/c1-11(15,5-6-14)7-8-3-2-4-9(13)10(8)12/h2-4,6,15H,5,7H2,1H3. The molecule has 0 fully saturated rings. The van der Waals surface area contributed by atoms with E-state index in [-0.39, 0.29) is 17.9 Å². The summed E-state index contributed by atoms with van der Waals surface area (Å²) in [6.45, 7) is 1.52. The Morgan fingerprint density at radius 1 is 1.60 bits per heavy atom. The number of aliphatic hydroxyl groups is 1. The third-order valence-electron chi connectivity index (χ3n) is 2.13. The quantitative estimate of drug-likeness (QED) is 0.807. The van der Waals surface area contributed by atoms with E-state index in [1.54, 1.807) is 6.07 Å². The molecule has 4 heteroatoms. The number of benzene rings is 1. The van der Waals surface area contributed by atoms with Crippen molar-refractivity contribution in [3.8, 4) is 0 Å². The molecule has 1 unspecified atom stereocenters. The maximum absolute atomic E-state index is 13.1. The normalized spacial score (nSPS) is 14.7. The van der Waals surface area contributed by atoms with Crippen molar-refractivity contribution in [2.24, 2.45) is 0 Å². The lowest BCUT2D eigenvalue weighted by Gasteiger charge is -2.21. The lowest BCUT2D eigenvalue weighted by atomic mass is 9.94. The van der Waals surface area contributed by atoms with Gasteiger partial charge in [0.25, 0.3) is 0 Å². The third-order valence-corrected chi connectivity index (χ3v) is 2.55. The highest BCUT2D eigenvalue weighted by Gasteiger charge is 2.22. The molecular weight excluding hydrogens is 219 g/mol. The zero-order valence-corrected chi connectivity index (χ0v) is 9.09. The van der Waals surface area contributed by atoms with Crippen LogP contribution in [0.2, 0.25) is 5.02 Å². The summed E-state index contributed by atoms with van der Waals surface area (Å²) in [7, 11) is 0. The zero-order valence-electron chi connectivity index (χ0n) is 8.34. The number of rotatable bonds is 4. The van der Waals surface area contributed by atoms with Gasteiger partial charge < -0.3 is 9.90 Å². The van der Waals surface area contributed by atoms with Gasteiger partial charge in [-0.1, -0.05) is 23.7 Å². The second-order valence-electron chi connectivity index (χ2n) is 3.76. The van der Waals surface area contributed by atoms with E-state index in [1.165, 1.54) is 19.1 Å². The average Bonchev–Trinajstić information content (AvgIpc) is 2.12. The van der Waals surface area contributed by atoms with Crippen LogP contribution in [0.25, 0.3) is 0 Å². The highest BCUT2D eigenvalue weighted by molar-refractivity contribution is 6.31. The fraction of sp³-hybridized carbons (Fsp3) is 0.364. The van der Waals surface area contributed by atoms with Gasteiger partial charge in [-0.15, -0.1) is 0 Å². The van der Waals surface area contributed by atoms with Crippen LogP contribution in [-0.2, 0) is 11.2 Å². The summed E-state index contributed by atoms with van der Waals surface area (Å²) < 4.78 is 13.1. The fourth-order valence-corrected chi connectivity index (χ4v) is 1.54.